The van der Waals surface area contributed by atoms with E-state index < -0.39 is 0 Å². The van der Waals surface area contributed by atoms with Gasteiger partial charge in [-0.15, -0.1) is 10.2 Å². The van der Waals surface area contributed by atoms with Crippen molar-refractivity contribution in [3.8, 4) is 28.6 Å². The lowest BCUT2D eigenvalue weighted by Gasteiger charge is -2.11. The Bertz CT molecular complexity index is 1190. The molecule has 0 atom stereocenters. The Labute approximate surface area is 190 Å². The van der Waals surface area contributed by atoms with Crippen molar-refractivity contribution in [1.82, 2.24) is 14.8 Å². The van der Waals surface area contributed by atoms with Gasteiger partial charge in [-0.25, -0.2) is 0 Å². The van der Waals surface area contributed by atoms with E-state index in [4.69, 9.17) is 9.47 Å². The van der Waals surface area contributed by atoms with Crippen LogP contribution in [-0.2, 0) is 4.79 Å². The number of thioether (sulfide) groups is 1. The second kappa shape index (κ2) is 10.0. The summed E-state index contributed by atoms with van der Waals surface area (Å²) >= 11 is 1.32. The lowest BCUT2D eigenvalue weighted by atomic mass is 10.2. The average molecular weight is 447 g/mol. The summed E-state index contributed by atoms with van der Waals surface area (Å²) in [5.74, 6) is 2.18. The van der Waals surface area contributed by atoms with E-state index in [1.165, 1.54) is 11.8 Å². The van der Waals surface area contributed by atoms with E-state index in [0.29, 0.717) is 22.4 Å². The van der Waals surface area contributed by atoms with Crippen molar-refractivity contribution < 1.29 is 14.3 Å². The molecule has 0 spiro atoms. The van der Waals surface area contributed by atoms with Gasteiger partial charge in [0, 0.05) is 23.0 Å². The van der Waals surface area contributed by atoms with Crippen molar-refractivity contribution in [1.29, 1.82) is 0 Å². The lowest BCUT2D eigenvalue weighted by Crippen LogP contribution is -2.14. The molecule has 0 radical (unpaired) electrons. The number of aromatic nitrogens is 3. The highest BCUT2D eigenvalue weighted by molar-refractivity contribution is 7.99. The molecule has 0 unspecified atom stereocenters. The van der Waals surface area contributed by atoms with Crippen molar-refractivity contribution in [3.05, 3.63) is 78.9 Å². The van der Waals surface area contributed by atoms with Crippen LogP contribution in [0.15, 0.2) is 84.0 Å². The predicted molar refractivity (Wildman–Crippen MR) is 126 cm³/mol. The molecular formula is C24H22N4O3S. The van der Waals surface area contributed by atoms with Crippen molar-refractivity contribution in [2.24, 2.45) is 0 Å². The zero-order valence-electron chi connectivity index (χ0n) is 17.7. The summed E-state index contributed by atoms with van der Waals surface area (Å²) in [4.78, 5) is 12.5. The highest BCUT2D eigenvalue weighted by Crippen LogP contribution is 2.29. The Morgan fingerprint density at radius 3 is 2.38 bits per heavy atom. The van der Waals surface area contributed by atoms with Gasteiger partial charge in [0.25, 0.3) is 0 Å². The van der Waals surface area contributed by atoms with Crippen molar-refractivity contribution in [3.63, 3.8) is 0 Å². The van der Waals surface area contributed by atoms with Crippen LogP contribution >= 0.6 is 11.8 Å². The Morgan fingerprint density at radius 1 is 0.906 bits per heavy atom. The molecular weight excluding hydrogens is 424 g/mol. The quantitative estimate of drug-likeness (QED) is 0.396. The van der Waals surface area contributed by atoms with Crippen LogP contribution in [0.3, 0.4) is 0 Å². The van der Waals surface area contributed by atoms with Crippen LogP contribution in [0.1, 0.15) is 0 Å². The van der Waals surface area contributed by atoms with E-state index in [1.54, 1.807) is 20.3 Å². The first-order valence-corrected chi connectivity index (χ1v) is 10.9. The summed E-state index contributed by atoms with van der Waals surface area (Å²) in [6.45, 7) is 0. The van der Waals surface area contributed by atoms with Gasteiger partial charge < -0.3 is 14.8 Å². The smallest absolute Gasteiger partial charge is 0.234 e. The second-order valence-electron chi connectivity index (χ2n) is 6.77. The topological polar surface area (TPSA) is 78.3 Å². The first kappa shape index (κ1) is 21.5. The van der Waals surface area contributed by atoms with Gasteiger partial charge in [0.1, 0.15) is 11.5 Å². The van der Waals surface area contributed by atoms with Gasteiger partial charge in [-0.1, -0.05) is 48.2 Å². The number of methoxy groups -OCH3 is 2. The molecule has 0 bridgehead atoms. The Balaban J connectivity index is 1.57. The number of carbonyl (C=O) groups is 1. The molecule has 8 heteroatoms. The molecule has 0 aliphatic heterocycles. The van der Waals surface area contributed by atoms with Crippen LogP contribution in [-0.4, -0.2) is 40.6 Å². The minimum atomic E-state index is -0.145. The zero-order valence-corrected chi connectivity index (χ0v) is 18.5. The lowest BCUT2D eigenvalue weighted by molar-refractivity contribution is -0.113. The fourth-order valence-corrected chi connectivity index (χ4v) is 3.88. The molecule has 32 heavy (non-hydrogen) atoms. The highest BCUT2D eigenvalue weighted by atomic mass is 32.2. The number of nitrogens with one attached hydrogen (secondary N) is 1. The first-order chi connectivity index (χ1) is 15.7. The maximum Gasteiger partial charge on any atom is 0.234 e. The molecule has 1 amide bonds. The van der Waals surface area contributed by atoms with E-state index in [2.05, 4.69) is 15.5 Å². The molecule has 0 aliphatic rings. The van der Waals surface area contributed by atoms with Crippen LogP contribution in [0.25, 0.3) is 17.1 Å². The van der Waals surface area contributed by atoms with Gasteiger partial charge >= 0.3 is 0 Å². The molecule has 4 aromatic rings. The van der Waals surface area contributed by atoms with Gasteiger partial charge in [0.15, 0.2) is 11.0 Å². The second-order valence-corrected chi connectivity index (χ2v) is 7.72. The number of hydrogen-bond donors (Lipinski definition) is 1. The molecule has 1 N–H and O–H groups in total. The van der Waals surface area contributed by atoms with Crippen LogP contribution in [0.2, 0.25) is 0 Å². The van der Waals surface area contributed by atoms with Crippen LogP contribution in [0.5, 0.6) is 11.5 Å². The summed E-state index contributed by atoms with van der Waals surface area (Å²) in [7, 11) is 3.22. The van der Waals surface area contributed by atoms with Gasteiger partial charge in [-0.2, -0.15) is 0 Å². The molecule has 7 nitrogen and oxygen atoms in total. The zero-order chi connectivity index (χ0) is 22.3. The Kier molecular flexibility index (Phi) is 6.72. The van der Waals surface area contributed by atoms with Gasteiger partial charge in [0.2, 0.25) is 5.91 Å². The molecule has 1 heterocycles. The predicted octanol–water partition coefficient (Wildman–Crippen LogP) is 4.68. The van der Waals surface area contributed by atoms with E-state index >= 15 is 0 Å². The monoisotopic (exact) mass is 446 g/mol. The summed E-state index contributed by atoms with van der Waals surface area (Å²) in [5, 5.41) is 12.3. The third kappa shape index (κ3) is 4.92. The standard InChI is InChI=1S/C24H22N4O3S/c1-30-20-13-11-19(12-14-20)28-23(17-7-4-3-5-8-17)26-27-24(28)32-16-22(29)25-18-9-6-10-21(15-18)31-2/h3-15H,16H2,1-2H3,(H,25,29). The first-order valence-electron chi connectivity index (χ1n) is 9.90. The van der Waals surface area contributed by atoms with Crippen molar-refractivity contribution in [2.75, 3.05) is 25.3 Å². The van der Waals surface area contributed by atoms with E-state index in [-0.39, 0.29) is 11.7 Å². The number of ether oxygens (including phenoxy) is 2. The number of benzene rings is 3. The highest BCUT2D eigenvalue weighted by Gasteiger charge is 2.17. The number of nitrogens with zero attached hydrogens (tertiary/aromatic N) is 3. The molecule has 162 valence electrons. The fourth-order valence-electron chi connectivity index (χ4n) is 3.13. The number of anilines is 1. The number of rotatable bonds is 8. The summed E-state index contributed by atoms with van der Waals surface area (Å²) < 4.78 is 12.4. The largest absolute Gasteiger partial charge is 0.497 e. The van der Waals surface area contributed by atoms with E-state index in [0.717, 1.165) is 17.0 Å². The summed E-state index contributed by atoms with van der Waals surface area (Å²) in [6.07, 6.45) is 0. The molecule has 3 aromatic carbocycles. The van der Waals surface area contributed by atoms with Crippen LogP contribution < -0.4 is 14.8 Å². The van der Waals surface area contributed by atoms with Gasteiger partial charge in [-0.3, -0.25) is 9.36 Å². The van der Waals surface area contributed by atoms with Crippen molar-refractivity contribution >= 4 is 23.4 Å². The molecule has 4 rings (SSSR count). The van der Waals surface area contributed by atoms with Gasteiger partial charge in [0.05, 0.1) is 20.0 Å². The number of carbonyl (C=O) groups excluding carboxylic acids is 1. The minimum absolute atomic E-state index is 0.145. The maximum atomic E-state index is 12.5. The Morgan fingerprint density at radius 2 is 1.66 bits per heavy atom. The third-order valence-corrected chi connectivity index (χ3v) is 5.61. The van der Waals surface area contributed by atoms with Crippen LogP contribution in [0, 0.1) is 0 Å². The normalized spacial score (nSPS) is 10.6. The SMILES string of the molecule is COc1ccc(-n2c(SCC(=O)Nc3cccc(OC)c3)nnc2-c2ccccc2)cc1. The number of amides is 1. The summed E-state index contributed by atoms with van der Waals surface area (Å²) in [6, 6.07) is 24.7. The van der Waals surface area contributed by atoms with E-state index in [9.17, 15) is 4.79 Å². The van der Waals surface area contributed by atoms with E-state index in [1.807, 2.05) is 77.4 Å². The summed E-state index contributed by atoms with van der Waals surface area (Å²) in [5.41, 5.74) is 2.49. The minimum Gasteiger partial charge on any atom is -0.497 e. The average Bonchev–Trinajstić information content (AvgIpc) is 3.27. The van der Waals surface area contributed by atoms with Crippen molar-refractivity contribution in [2.45, 2.75) is 5.16 Å². The molecule has 0 aliphatic carbocycles. The third-order valence-electron chi connectivity index (χ3n) is 4.68. The molecule has 0 saturated heterocycles. The molecule has 0 saturated carbocycles. The van der Waals surface area contributed by atoms with Gasteiger partial charge in [-0.05, 0) is 36.4 Å². The Hall–Kier alpha value is -3.78. The molecule has 0 fully saturated rings. The molecule has 1 aromatic heterocycles. The number of hydrogen-bond acceptors (Lipinski definition) is 6. The fraction of sp³-hybridized carbons (Fsp3) is 0.125. The maximum absolute atomic E-state index is 12.5. The van der Waals surface area contributed by atoms with Crippen LogP contribution in [0.4, 0.5) is 5.69 Å².